The molecule has 6 heteroatoms. The Morgan fingerprint density at radius 1 is 1.08 bits per heavy atom. The molecule has 0 aromatic heterocycles. The minimum atomic E-state index is -0.156. The number of fused-ring (bicyclic) bond motifs is 2. The Morgan fingerprint density at radius 3 is 2.54 bits per heavy atom. The summed E-state index contributed by atoms with van der Waals surface area (Å²) < 4.78 is 5.42. The second kappa shape index (κ2) is 5.17. The molecule has 2 heterocycles. The quantitative estimate of drug-likeness (QED) is 0.791. The Kier molecular flexibility index (Phi) is 3.10. The molecular weight excluding hydrogens is 304 g/mol. The van der Waals surface area contributed by atoms with Gasteiger partial charge in [-0.25, -0.2) is 0 Å². The maximum absolute atomic E-state index is 11.8. The summed E-state index contributed by atoms with van der Waals surface area (Å²) in [6, 6.07) is 11.5. The molecule has 0 fully saturated rings. The van der Waals surface area contributed by atoms with Crippen molar-refractivity contribution in [2.24, 2.45) is 0 Å². The largest absolute Gasteiger partial charge is 0.496 e. The molecule has 2 atom stereocenters. The van der Waals surface area contributed by atoms with Gasteiger partial charge in [-0.3, -0.25) is 4.79 Å². The van der Waals surface area contributed by atoms with Crippen LogP contribution in [-0.2, 0) is 4.79 Å². The van der Waals surface area contributed by atoms with Crippen molar-refractivity contribution in [2.45, 2.75) is 19.0 Å². The Hall–Kier alpha value is -3.20. The molecule has 0 saturated carbocycles. The summed E-state index contributed by atoms with van der Waals surface area (Å²) in [4.78, 5) is 11.8. The van der Waals surface area contributed by atoms with E-state index in [4.69, 9.17) is 10.00 Å². The van der Waals surface area contributed by atoms with Gasteiger partial charge in [-0.15, -0.1) is 0 Å². The molecule has 2 aromatic rings. The highest BCUT2D eigenvalue weighted by Crippen LogP contribution is 2.44. The van der Waals surface area contributed by atoms with Crippen LogP contribution in [-0.4, -0.2) is 13.0 Å². The number of nitriles is 1. The van der Waals surface area contributed by atoms with Gasteiger partial charge in [0.15, 0.2) is 0 Å². The van der Waals surface area contributed by atoms with E-state index in [9.17, 15) is 4.79 Å². The highest BCUT2D eigenvalue weighted by atomic mass is 16.5. The lowest BCUT2D eigenvalue weighted by Crippen LogP contribution is -2.13. The number of amides is 1. The van der Waals surface area contributed by atoms with Gasteiger partial charge in [0.25, 0.3) is 0 Å². The lowest BCUT2D eigenvalue weighted by Gasteiger charge is -2.16. The van der Waals surface area contributed by atoms with Gasteiger partial charge in [0.2, 0.25) is 5.91 Å². The molecule has 0 aliphatic carbocycles. The van der Waals surface area contributed by atoms with Crippen molar-refractivity contribution in [2.75, 3.05) is 23.1 Å². The second-order valence-corrected chi connectivity index (χ2v) is 5.99. The predicted molar refractivity (Wildman–Crippen MR) is 91.2 cm³/mol. The van der Waals surface area contributed by atoms with E-state index in [1.807, 2.05) is 25.1 Å². The Labute approximate surface area is 139 Å². The summed E-state index contributed by atoms with van der Waals surface area (Å²) in [5, 5.41) is 18.7. The second-order valence-electron chi connectivity index (χ2n) is 5.99. The maximum atomic E-state index is 11.8. The number of carbonyl (C=O) groups excluding carboxylic acids is 1. The summed E-state index contributed by atoms with van der Waals surface area (Å²) in [5.41, 5.74) is 5.22. The van der Waals surface area contributed by atoms with Crippen LogP contribution in [0.5, 0.6) is 5.75 Å². The molecule has 24 heavy (non-hydrogen) atoms. The standard InChI is InChI=1S/C18H16N4O2/c1-9-12-6-14-15(7-13(12)22-18(9)23)21-17(20-14)11-4-3-10(8-19)5-16(11)24-2/h3-7,9,17,20-21H,1-2H3,(H,22,23). The molecule has 0 bridgehead atoms. The van der Waals surface area contributed by atoms with Crippen LogP contribution in [0.2, 0.25) is 0 Å². The number of ether oxygens (including phenoxy) is 1. The third-order valence-corrected chi connectivity index (χ3v) is 4.58. The Balaban J connectivity index is 1.68. The normalized spacial score (nSPS) is 20.3. The minimum absolute atomic E-state index is 0.0268. The van der Waals surface area contributed by atoms with E-state index < -0.39 is 0 Å². The zero-order chi connectivity index (χ0) is 16.8. The zero-order valence-corrected chi connectivity index (χ0v) is 13.3. The lowest BCUT2D eigenvalue weighted by atomic mass is 10.0. The molecule has 3 N–H and O–H groups in total. The SMILES string of the molecule is COc1cc(C#N)ccc1C1Nc2cc3c(cc2N1)C(C)C(=O)N3. The lowest BCUT2D eigenvalue weighted by molar-refractivity contribution is -0.116. The number of hydrogen-bond donors (Lipinski definition) is 3. The summed E-state index contributed by atoms with van der Waals surface area (Å²) in [7, 11) is 1.59. The minimum Gasteiger partial charge on any atom is -0.496 e. The Bertz CT molecular complexity index is 901. The third-order valence-electron chi connectivity index (χ3n) is 4.58. The van der Waals surface area contributed by atoms with Crippen molar-refractivity contribution in [1.82, 2.24) is 0 Å². The first-order valence-corrected chi connectivity index (χ1v) is 7.70. The van der Waals surface area contributed by atoms with Crippen LogP contribution < -0.4 is 20.7 Å². The fourth-order valence-corrected chi connectivity index (χ4v) is 3.23. The van der Waals surface area contributed by atoms with E-state index in [1.165, 1.54) is 0 Å². The van der Waals surface area contributed by atoms with E-state index in [0.717, 1.165) is 28.2 Å². The van der Waals surface area contributed by atoms with Gasteiger partial charge >= 0.3 is 0 Å². The molecule has 6 nitrogen and oxygen atoms in total. The number of carbonyl (C=O) groups is 1. The Morgan fingerprint density at radius 2 is 1.83 bits per heavy atom. The van der Waals surface area contributed by atoms with Gasteiger partial charge in [-0.05, 0) is 36.8 Å². The summed E-state index contributed by atoms with van der Waals surface area (Å²) in [5.74, 6) is 0.538. The molecule has 1 amide bonds. The third kappa shape index (κ3) is 2.06. The molecule has 4 rings (SSSR count). The van der Waals surface area contributed by atoms with Gasteiger partial charge in [0.1, 0.15) is 11.9 Å². The maximum Gasteiger partial charge on any atom is 0.231 e. The topological polar surface area (TPSA) is 86.2 Å². The monoisotopic (exact) mass is 320 g/mol. The molecule has 2 aromatic carbocycles. The molecule has 0 radical (unpaired) electrons. The fourth-order valence-electron chi connectivity index (χ4n) is 3.23. The molecule has 0 saturated heterocycles. The number of nitrogens with one attached hydrogen (secondary N) is 3. The first kappa shape index (κ1) is 14.4. The van der Waals surface area contributed by atoms with Gasteiger partial charge < -0.3 is 20.7 Å². The zero-order valence-electron chi connectivity index (χ0n) is 13.3. The van der Waals surface area contributed by atoms with E-state index in [2.05, 4.69) is 22.0 Å². The van der Waals surface area contributed by atoms with Crippen LogP contribution in [0, 0.1) is 11.3 Å². The van der Waals surface area contributed by atoms with E-state index in [-0.39, 0.29) is 18.0 Å². The summed E-state index contributed by atoms with van der Waals surface area (Å²) >= 11 is 0. The van der Waals surface area contributed by atoms with Crippen molar-refractivity contribution in [1.29, 1.82) is 5.26 Å². The average Bonchev–Trinajstić information content (AvgIpc) is 3.13. The molecule has 120 valence electrons. The van der Waals surface area contributed by atoms with Crippen molar-refractivity contribution in [3.05, 3.63) is 47.0 Å². The average molecular weight is 320 g/mol. The highest BCUT2D eigenvalue weighted by Gasteiger charge is 2.31. The first-order chi connectivity index (χ1) is 11.6. The number of hydrogen-bond acceptors (Lipinski definition) is 5. The van der Waals surface area contributed by atoms with E-state index >= 15 is 0 Å². The van der Waals surface area contributed by atoms with Crippen LogP contribution in [0.15, 0.2) is 30.3 Å². The van der Waals surface area contributed by atoms with Gasteiger partial charge in [0.05, 0.1) is 36.0 Å². The summed E-state index contributed by atoms with van der Waals surface area (Å²) in [6.07, 6.45) is -0.156. The van der Waals surface area contributed by atoms with Gasteiger partial charge in [-0.2, -0.15) is 5.26 Å². The van der Waals surface area contributed by atoms with E-state index in [0.29, 0.717) is 11.3 Å². The van der Waals surface area contributed by atoms with Gasteiger partial charge in [-0.1, -0.05) is 6.07 Å². The predicted octanol–water partition coefficient (Wildman–Crippen LogP) is 3.16. The van der Waals surface area contributed by atoms with Crippen molar-refractivity contribution >= 4 is 23.0 Å². The highest BCUT2D eigenvalue weighted by molar-refractivity contribution is 6.04. The van der Waals surface area contributed by atoms with Crippen LogP contribution in [0.4, 0.5) is 17.1 Å². The number of anilines is 3. The number of benzene rings is 2. The summed E-state index contributed by atoms with van der Waals surface area (Å²) in [6.45, 7) is 1.90. The van der Waals surface area contributed by atoms with Crippen molar-refractivity contribution < 1.29 is 9.53 Å². The van der Waals surface area contributed by atoms with Crippen LogP contribution in [0.1, 0.15) is 35.7 Å². The molecule has 2 aliphatic heterocycles. The van der Waals surface area contributed by atoms with Gasteiger partial charge in [0, 0.05) is 11.3 Å². The first-order valence-electron chi connectivity index (χ1n) is 7.70. The number of nitrogens with zero attached hydrogens (tertiary/aromatic N) is 1. The molecule has 2 unspecified atom stereocenters. The number of rotatable bonds is 2. The van der Waals surface area contributed by atoms with E-state index in [1.54, 1.807) is 19.2 Å². The van der Waals surface area contributed by atoms with Crippen LogP contribution >= 0.6 is 0 Å². The van der Waals surface area contributed by atoms with Crippen LogP contribution in [0.3, 0.4) is 0 Å². The van der Waals surface area contributed by atoms with Crippen LogP contribution in [0.25, 0.3) is 0 Å². The molecular formula is C18H16N4O2. The van der Waals surface area contributed by atoms with Crippen molar-refractivity contribution in [3.63, 3.8) is 0 Å². The fraction of sp³-hybridized carbons (Fsp3) is 0.222. The molecule has 0 spiro atoms. The number of methoxy groups -OCH3 is 1. The van der Waals surface area contributed by atoms with Crippen molar-refractivity contribution in [3.8, 4) is 11.8 Å². The molecule has 2 aliphatic rings. The smallest absolute Gasteiger partial charge is 0.231 e.